The molecule has 7 heteroatoms. The Labute approximate surface area is 158 Å². The summed E-state index contributed by atoms with van der Waals surface area (Å²) in [5.41, 5.74) is 2.02. The van der Waals surface area contributed by atoms with Crippen LogP contribution < -0.4 is 15.5 Å². The van der Waals surface area contributed by atoms with Crippen LogP contribution in [0.2, 0.25) is 5.02 Å². The van der Waals surface area contributed by atoms with Gasteiger partial charge in [0, 0.05) is 43.3 Å². The first-order valence-electron chi connectivity index (χ1n) is 8.74. The van der Waals surface area contributed by atoms with Crippen molar-refractivity contribution in [1.29, 1.82) is 0 Å². The lowest BCUT2D eigenvalue weighted by atomic mass is 10.2. The second-order valence-electron chi connectivity index (χ2n) is 6.10. The Bertz CT molecular complexity index is 757. The number of carbonyl (C=O) groups is 1. The molecule has 1 aromatic heterocycles. The average molecular weight is 372 g/mol. The van der Waals surface area contributed by atoms with Gasteiger partial charge in [0.05, 0.1) is 11.9 Å². The number of rotatable bonds is 7. The first-order valence-corrected chi connectivity index (χ1v) is 9.11. The van der Waals surface area contributed by atoms with Gasteiger partial charge in [0.25, 0.3) is 0 Å². The molecule has 0 atom stereocenters. The number of aromatic nitrogens is 2. The second kappa shape index (κ2) is 9.20. The van der Waals surface area contributed by atoms with Crippen molar-refractivity contribution in [3.63, 3.8) is 0 Å². The number of amides is 1. The molecule has 6 nitrogen and oxygen atoms in total. The molecule has 1 aliphatic heterocycles. The second-order valence-corrected chi connectivity index (χ2v) is 6.53. The van der Waals surface area contributed by atoms with Crippen molar-refractivity contribution in [3.05, 3.63) is 53.2 Å². The Balaban J connectivity index is 1.40. The molecular formula is C19H22ClN5O. The molecule has 1 amide bonds. The molecule has 1 saturated heterocycles. The van der Waals surface area contributed by atoms with E-state index in [9.17, 15) is 4.79 Å². The monoisotopic (exact) mass is 371 g/mol. The average Bonchev–Trinajstić information content (AvgIpc) is 3.20. The van der Waals surface area contributed by atoms with E-state index in [0.29, 0.717) is 18.1 Å². The van der Waals surface area contributed by atoms with E-state index in [0.717, 1.165) is 30.2 Å². The third-order valence-corrected chi connectivity index (χ3v) is 4.39. The zero-order valence-corrected chi connectivity index (χ0v) is 15.2. The maximum atomic E-state index is 11.8. The van der Waals surface area contributed by atoms with E-state index in [1.165, 1.54) is 18.9 Å². The summed E-state index contributed by atoms with van der Waals surface area (Å²) >= 11 is 5.83. The van der Waals surface area contributed by atoms with Crippen molar-refractivity contribution in [2.45, 2.75) is 12.8 Å². The predicted molar refractivity (Wildman–Crippen MR) is 105 cm³/mol. The Hall–Kier alpha value is -2.60. The third kappa shape index (κ3) is 5.46. The largest absolute Gasteiger partial charge is 0.370 e. The van der Waals surface area contributed by atoms with Crippen LogP contribution in [0.3, 0.4) is 0 Å². The first-order chi connectivity index (χ1) is 12.7. The molecule has 0 unspecified atom stereocenters. The standard InChI is InChI=1S/C19H22ClN5O/c20-16-6-3-15(4-7-16)5-8-19(26)22-10-9-21-18-13-17(14-23-24-18)25-11-1-2-12-25/h3-8,13-14H,1-2,9-12H2,(H,21,24)(H,22,26)/b8-5+. The number of hydrogen-bond donors (Lipinski definition) is 2. The van der Waals surface area contributed by atoms with Crippen molar-refractivity contribution >= 4 is 35.1 Å². The highest BCUT2D eigenvalue weighted by Gasteiger charge is 2.13. The van der Waals surface area contributed by atoms with Gasteiger partial charge in [0.15, 0.2) is 5.82 Å². The molecule has 0 radical (unpaired) electrons. The van der Waals surface area contributed by atoms with E-state index in [4.69, 9.17) is 11.6 Å². The van der Waals surface area contributed by atoms with Crippen LogP contribution in [0.25, 0.3) is 6.08 Å². The van der Waals surface area contributed by atoms with Gasteiger partial charge in [-0.3, -0.25) is 4.79 Å². The molecule has 1 fully saturated rings. The van der Waals surface area contributed by atoms with Gasteiger partial charge >= 0.3 is 0 Å². The van der Waals surface area contributed by atoms with Gasteiger partial charge in [-0.15, -0.1) is 5.10 Å². The summed E-state index contributed by atoms with van der Waals surface area (Å²) in [4.78, 5) is 14.1. The minimum absolute atomic E-state index is 0.140. The van der Waals surface area contributed by atoms with Crippen LogP contribution in [0.4, 0.5) is 11.5 Å². The summed E-state index contributed by atoms with van der Waals surface area (Å²) in [5, 5.41) is 14.8. The number of anilines is 2. The molecule has 2 heterocycles. The van der Waals surface area contributed by atoms with Crippen molar-refractivity contribution in [2.75, 3.05) is 36.4 Å². The molecule has 1 aromatic carbocycles. The quantitative estimate of drug-likeness (QED) is 0.578. The molecular weight excluding hydrogens is 350 g/mol. The molecule has 2 N–H and O–H groups in total. The Morgan fingerprint density at radius 3 is 2.73 bits per heavy atom. The topological polar surface area (TPSA) is 70.2 Å². The zero-order chi connectivity index (χ0) is 18.2. The van der Waals surface area contributed by atoms with Crippen LogP contribution >= 0.6 is 11.6 Å². The van der Waals surface area contributed by atoms with Gasteiger partial charge in [0.1, 0.15) is 0 Å². The van der Waals surface area contributed by atoms with E-state index in [-0.39, 0.29) is 5.91 Å². The predicted octanol–water partition coefficient (Wildman–Crippen LogP) is 2.97. The van der Waals surface area contributed by atoms with E-state index in [1.54, 1.807) is 24.4 Å². The van der Waals surface area contributed by atoms with Crippen LogP contribution in [0.1, 0.15) is 18.4 Å². The molecule has 0 bridgehead atoms. The van der Waals surface area contributed by atoms with Crippen LogP contribution in [0.5, 0.6) is 0 Å². The van der Waals surface area contributed by atoms with E-state index < -0.39 is 0 Å². The lowest BCUT2D eigenvalue weighted by molar-refractivity contribution is -0.116. The number of benzene rings is 1. The van der Waals surface area contributed by atoms with Gasteiger partial charge < -0.3 is 15.5 Å². The van der Waals surface area contributed by atoms with Gasteiger partial charge in [-0.25, -0.2) is 0 Å². The maximum absolute atomic E-state index is 11.8. The number of nitrogens with one attached hydrogen (secondary N) is 2. The molecule has 136 valence electrons. The minimum atomic E-state index is -0.140. The minimum Gasteiger partial charge on any atom is -0.370 e. The summed E-state index contributed by atoms with van der Waals surface area (Å²) < 4.78 is 0. The van der Waals surface area contributed by atoms with Crippen molar-refractivity contribution in [1.82, 2.24) is 15.5 Å². The maximum Gasteiger partial charge on any atom is 0.244 e. The molecule has 2 aromatic rings. The van der Waals surface area contributed by atoms with Gasteiger partial charge in [-0.05, 0) is 36.6 Å². The van der Waals surface area contributed by atoms with Crippen molar-refractivity contribution < 1.29 is 4.79 Å². The van der Waals surface area contributed by atoms with E-state index >= 15 is 0 Å². The smallest absolute Gasteiger partial charge is 0.244 e. The van der Waals surface area contributed by atoms with E-state index in [1.807, 2.05) is 18.2 Å². The number of halogens is 1. The third-order valence-electron chi connectivity index (χ3n) is 4.14. The highest BCUT2D eigenvalue weighted by molar-refractivity contribution is 6.30. The van der Waals surface area contributed by atoms with Gasteiger partial charge in [-0.2, -0.15) is 5.10 Å². The SMILES string of the molecule is O=C(/C=C/c1ccc(Cl)cc1)NCCNc1cc(N2CCCC2)cnn1. The Morgan fingerprint density at radius 1 is 1.19 bits per heavy atom. The van der Waals surface area contributed by atoms with Crippen LogP contribution in [-0.4, -0.2) is 42.3 Å². The van der Waals surface area contributed by atoms with Crippen molar-refractivity contribution in [2.24, 2.45) is 0 Å². The number of hydrogen-bond acceptors (Lipinski definition) is 5. The zero-order valence-electron chi connectivity index (χ0n) is 14.5. The number of carbonyl (C=O) groups excluding carboxylic acids is 1. The molecule has 0 aliphatic carbocycles. The molecule has 0 saturated carbocycles. The van der Waals surface area contributed by atoms with Crippen molar-refractivity contribution in [3.8, 4) is 0 Å². The fourth-order valence-electron chi connectivity index (χ4n) is 2.77. The fourth-order valence-corrected chi connectivity index (χ4v) is 2.90. The summed E-state index contributed by atoms with van der Waals surface area (Å²) in [7, 11) is 0. The normalized spacial score (nSPS) is 14.0. The lowest BCUT2D eigenvalue weighted by Crippen LogP contribution is -2.27. The Kier molecular flexibility index (Phi) is 6.44. The van der Waals surface area contributed by atoms with E-state index in [2.05, 4.69) is 25.7 Å². The lowest BCUT2D eigenvalue weighted by Gasteiger charge is -2.17. The summed E-state index contributed by atoms with van der Waals surface area (Å²) in [6.45, 7) is 3.22. The van der Waals surface area contributed by atoms with Crippen LogP contribution in [0.15, 0.2) is 42.6 Å². The molecule has 3 rings (SSSR count). The molecule has 0 spiro atoms. The molecule has 26 heavy (non-hydrogen) atoms. The van der Waals surface area contributed by atoms with Gasteiger partial charge in [0.2, 0.25) is 5.91 Å². The first kappa shape index (κ1) is 18.2. The summed E-state index contributed by atoms with van der Waals surface area (Å²) in [6, 6.07) is 9.31. The number of nitrogens with zero attached hydrogens (tertiary/aromatic N) is 3. The Morgan fingerprint density at radius 2 is 1.96 bits per heavy atom. The van der Waals surface area contributed by atoms with Gasteiger partial charge in [-0.1, -0.05) is 23.7 Å². The summed E-state index contributed by atoms with van der Waals surface area (Å²) in [6.07, 6.45) is 7.50. The van der Waals surface area contributed by atoms with Crippen LogP contribution in [-0.2, 0) is 4.79 Å². The van der Waals surface area contributed by atoms with Crippen LogP contribution in [0, 0.1) is 0 Å². The highest BCUT2D eigenvalue weighted by Crippen LogP contribution is 2.20. The highest BCUT2D eigenvalue weighted by atomic mass is 35.5. The fraction of sp³-hybridized carbons (Fsp3) is 0.316. The molecule has 1 aliphatic rings. The summed E-state index contributed by atoms with van der Waals surface area (Å²) in [5.74, 6) is 0.582.